The molecular formula is C12H14BrNO2. The predicted molar refractivity (Wildman–Crippen MR) is 65.4 cm³/mol. The van der Waals surface area contributed by atoms with Crippen molar-refractivity contribution >= 4 is 21.8 Å². The molecule has 2 rings (SSSR count). The first kappa shape index (κ1) is 11.6. The maximum absolute atomic E-state index is 11.9. The second-order valence-electron chi connectivity index (χ2n) is 3.87. The summed E-state index contributed by atoms with van der Waals surface area (Å²) in [6.45, 7) is 1.48. The Kier molecular flexibility index (Phi) is 3.96. The molecule has 1 N–H and O–H groups in total. The van der Waals surface area contributed by atoms with Crippen LogP contribution in [0.2, 0.25) is 0 Å². The van der Waals surface area contributed by atoms with Gasteiger partial charge in [-0.15, -0.1) is 0 Å². The SMILES string of the molecule is O=C(NC1CCOCC1)c1cccc(Br)c1. The van der Waals surface area contributed by atoms with Crippen LogP contribution in [0.3, 0.4) is 0 Å². The van der Waals surface area contributed by atoms with E-state index < -0.39 is 0 Å². The van der Waals surface area contributed by atoms with E-state index >= 15 is 0 Å². The highest BCUT2D eigenvalue weighted by atomic mass is 79.9. The lowest BCUT2D eigenvalue weighted by molar-refractivity contribution is 0.0696. The van der Waals surface area contributed by atoms with Crippen molar-refractivity contribution in [2.75, 3.05) is 13.2 Å². The van der Waals surface area contributed by atoms with Crippen molar-refractivity contribution in [2.24, 2.45) is 0 Å². The molecule has 16 heavy (non-hydrogen) atoms. The normalized spacial score (nSPS) is 17.1. The van der Waals surface area contributed by atoms with E-state index in [0.717, 1.165) is 30.5 Å². The van der Waals surface area contributed by atoms with Crippen LogP contribution < -0.4 is 5.32 Å². The quantitative estimate of drug-likeness (QED) is 0.905. The Hall–Kier alpha value is -0.870. The molecule has 1 aliphatic rings. The third kappa shape index (κ3) is 3.06. The zero-order valence-corrected chi connectivity index (χ0v) is 10.5. The number of hydrogen-bond acceptors (Lipinski definition) is 2. The average molecular weight is 284 g/mol. The van der Waals surface area contributed by atoms with Crippen molar-refractivity contribution in [1.29, 1.82) is 0 Å². The van der Waals surface area contributed by atoms with Gasteiger partial charge in [-0.25, -0.2) is 0 Å². The molecule has 0 aromatic heterocycles. The van der Waals surface area contributed by atoms with Crippen LogP contribution in [-0.2, 0) is 4.74 Å². The van der Waals surface area contributed by atoms with Gasteiger partial charge >= 0.3 is 0 Å². The third-order valence-electron chi connectivity index (χ3n) is 2.64. The van der Waals surface area contributed by atoms with E-state index in [4.69, 9.17) is 4.74 Å². The number of benzene rings is 1. The van der Waals surface area contributed by atoms with E-state index in [-0.39, 0.29) is 11.9 Å². The van der Waals surface area contributed by atoms with Gasteiger partial charge in [0.05, 0.1) is 0 Å². The molecule has 1 saturated heterocycles. The maximum atomic E-state index is 11.9. The van der Waals surface area contributed by atoms with Crippen LogP contribution in [0.5, 0.6) is 0 Å². The Labute approximate surface area is 103 Å². The second-order valence-corrected chi connectivity index (χ2v) is 4.79. The number of hydrogen-bond donors (Lipinski definition) is 1. The fourth-order valence-electron chi connectivity index (χ4n) is 1.74. The summed E-state index contributed by atoms with van der Waals surface area (Å²) in [5.74, 6) is -0.00630. The van der Waals surface area contributed by atoms with Gasteiger partial charge in [-0.1, -0.05) is 22.0 Å². The van der Waals surface area contributed by atoms with Crippen molar-refractivity contribution < 1.29 is 9.53 Å². The van der Waals surface area contributed by atoms with Gasteiger partial charge < -0.3 is 10.1 Å². The number of ether oxygens (including phenoxy) is 1. The fraction of sp³-hybridized carbons (Fsp3) is 0.417. The third-order valence-corrected chi connectivity index (χ3v) is 3.14. The van der Waals surface area contributed by atoms with Crippen molar-refractivity contribution in [2.45, 2.75) is 18.9 Å². The lowest BCUT2D eigenvalue weighted by atomic mass is 10.1. The molecule has 0 aliphatic carbocycles. The van der Waals surface area contributed by atoms with Crippen LogP contribution in [0.4, 0.5) is 0 Å². The van der Waals surface area contributed by atoms with E-state index in [2.05, 4.69) is 21.2 Å². The minimum atomic E-state index is -0.00630. The molecule has 0 unspecified atom stereocenters. The zero-order chi connectivity index (χ0) is 11.4. The van der Waals surface area contributed by atoms with Gasteiger partial charge in [0.25, 0.3) is 5.91 Å². The number of carbonyl (C=O) groups excluding carboxylic acids is 1. The van der Waals surface area contributed by atoms with E-state index in [9.17, 15) is 4.79 Å². The molecule has 0 saturated carbocycles. The van der Waals surface area contributed by atoms with Crippen molar-refractivity contribution in [3.05, 3.63) is 34.3 Å². The minimum Gasteiger partial charge on any atom is -0.381 e. The van der Waals surface area contributed by atoms with Crippen LogP contribution >= 0.6 is 15.9 Å². The number of nitrogens with one attached hydrogen (secondary N) is 1. The predicted octanol–water partition coefficient (Wildman–Crippen LogP) is 2.36. The van der Waals surface area contributed by atoms with Crippen LogP contribution in [0.1, 0.15) is 23.2 Å². The van der Waals surface area contributed by atoms with E-state index in [1.54, 1.807) is 0 Å². The van der Waals surface area contributed by atoms with Crippen molar-refractivity contribution in [3.8, 4) is 0 Å². The fourth-order valence-corrected chi connectivity index (χ4v) is 2.14. The minimum absolute atomic E-state index is 0.00630. The van der Waals surface area contributed by atoms with Gasteiger partial charge in [0.1, 0.15) is 0 Å². The maximum Gasteiger partial charge on any atom is 0.251 e. The second kappa shape index (κ2) is 5.46. The van der Waals surface area contributed by atoms with Crippen LogP contribution in [-0.4, -0.2) is 25.2 Å². The summed E-state index contributed by atoms with van der Waals surface area (Å²) in [7, 11) is 0. The Morgan fingerprint density at radius 2 is 2.12 bits per heavy atom. The smallest absolute Gasteiger partial charge is 0.251 e. The highest BCUT2D eigenvalue weighted by Gasteiger charge is 2.16. The van der Waals surface area contributed by atoms with Gasteiger partial charge in [-0.05, 0) is 31.0 Å². The lowest BCUT2D eigenvalue weighted by Crippen LogP contribution is -2.38. The summed E-state index contributed by atoms with van der Waals surface area (Å²) in [6.07, 6.45) is 1.81. The van der Waals surface area contributed by atoms with E-state index in [1.807, 2.05) is 24.3 Å². The summed E-state index contributed by atoms with van der Waals surface area (Å²) in [6, 6.07) is 7.67. The van der Waals surface area contributed by atoms with Crippen molar-refractivity contribution in [1.82, 2.24) is 5.32 Å². The van der Waals surface area contributed by atoms with Gasteiger partial charge in [0, 0.05) is 29.3 Å². The Bertz CT molecular complexity index is 375. The molecule has 0 atom stereocenters. The lowest BCUT2D eigenvalue weighted by Gasteiger charge is -2.23. The van der Waals surface area contributed by atoms with Crippen LogP contribution in [0, 0.1) is 0 Å². The first-order chi connectivity index (χ1) is 7.75. The first-order valence-corrected chi connectivity index (χ1v) is 6.19. The summed E-state index contributed by atoms with van der Waals surface area (Å²) < 4.78 is 6.17. The molecule has 1 aromatic rings. The summed E-state index contributed by atoms with van der Waals surface area (Å²) in [4.78, 5) is 11.9. The highest BCUT2D eigenvalue weighted by Crippen LogP contribution is 2.13. The molecule has 1 fully saturated rings. The average Bonchev–Trinajstić information content (AvgIpc) is 2.30. The van der Waals surface area contributed by atoms with E-state index in [0.29, 0.717) is 5.56 Å². The molecule has 1 aromatic carbocycles. The molecule has 0 radical (unpaired) electrons. The topological polar surface area (TPSA) is 38.3 Å². The van der Waals surface area contributed by atoms with Crippen LogP contribution in [0.25, 0.3) is 0 Å². The highest BCUT2D eigenvalue weighted by molar-refractivity contribution is 9.10. The van der Waals surface area contributed by atoms with Gasteiger partial charge in [-0.3, -0.25) is 4.79 Å². The van der Waals surface area contributed by atoms with Gasteiger partial charge in [0.15, 0.2) is 0 Å². The number of amides is 1. The molecule has 0 bridgehead atoms. The van der Waals surface area contributed by atoms with E-state index in [1.165, 1.54) is 0 Å². The molecule has 4 heteroatoms. The monoisotopic (exact) mass is 283 g/mol. The summed E-state index contributed by atoms with van der Waals surface area (Å²) in [5, 5.41) is 3.02. The molecule has 86 valence electrons. The Balaban J connectivity index is 1.97. The number of carbonyl (C=O) groups is 1. The van der Waals surface area contributed by atoms with Gasteiger partial charge in [-0.2, -0.15) is 0 Å². The number of rotatable bonds is 2. The number of halogens is 1. The first-order valence-electron chi connectivity index (χ1n) is 5.40. The van der Waals surface area contributed by atoms with Crippen LogP contribution in [0.15, 0.2) is 28.7 Å². The summed E-state index contributed by atoms with van der Waals surface area (Å²) in [5.41, 5.74) is 0.695. The standard InChI is InChI=1S/C12H14BrNO2/c13-10-3-1-2-9(8-10)12(15)14-11-4-6-16-7-5-11/h1-3,8,11H,4-7H2,(H,14,15). The summed E-state index contributed by atoms with van der Waals surface area (Å²) >= 11 is 3.36. The van der Waals surface area contributed by atoms with Crippen molar-refractivity contribution in [3.63, 3.8) is 0 Å². The van der Waals surface area contributed by atoms with Gasteiger partial charge in [0.2, 0.25) is 0 Å². The molecule has 3 nitrogen and oxygen atoms in total. The zero-order valence-electron chi connectivity index (χ0n) is 8.91. The molecule has 1 aliphatic heterocycles. The Morgan fingerprint density at radius 3 is 2.81 bits per heavy atom. The Morgan fingerprint density at radius 1 is 1.38 bits per heavy atom. The largest absolute Gasteiger partial charge is 0.381 e. The molecule has 1 amide bonds. The molecule has 1 heterocycles. The molecular weight excluding hydrogens is 270 g/mol. The molecule has 0 spiro atoms.